The molecule has 0 atom stereocenters. The molecule has 0 bridgehead atoms. The normalized spacial score (nSPS) is 18.2. The van der Waals surface area contributed by atoms with Crippen LogP contribution >= 0.6 is 11.6 Å². The molecule has 1 aromatic carbocycles. The van der Waals surface area contributed by atoms with Crippen molar-refractivity contribution in [1.82, 2.24) is 9.62 Å². The average molecular weight is 329 g/mol. The molecule has 9 heteroatoms. The van der Waals surface area contributed by atoms with Gasteiger partial charge in [-0.3, -0.25) is 0 Å². The maximum atomic E-state index is 12.6. The maximum absolute atomic E-state index is 12.6. The standard InChI is InChI=1S/C11H12ClF3N2O2S/c12-10-7-8(1-2-9(10)11(13,14)15)20(18,19)17-5-3-16-4-6-17/h1-2,7,16H,3-6H2. The molecule has 0 saturated carbocycles. The SMILES string of the molecule is O=S(=O)(c1ccc(C(F)(F)F)c(Cl)c1)N1CCNCC1. The second-order valence-corrected chi connectivity index (χ2v) is 6.64. The predicted octanol–water partition coefficient (Wildman–Crippen LogP) is 1.95. The van der Waals surface area contributed by atoms with E-state index in [-0.39, 0.29) is 18.0 Å². The minimum atomic E-state index is -4.60. The van der Waals surface area contributed by atoms with E-state index in [1.54, 1.807) is 0 Å². The molecule has 0 unspecified atom stereocenters. The summed E-state index contributed by atoms with van der Waals surface area (Å²) in [4.78, 5) is -0.225. The molecule has 1 saturated heterocycles. The highest BCUT2D eigenvalue weighted by atomic mass is 35.5. The van der Waals surface area contributed by atoms with Gasteiger partial charge in [-0.25, -0.2) is 8.42 Å². The number of nitrogens with zero attached hydrogens (tertiary/aromatic N) is 1. The van der Waals surface area contributed by atoms with E-state index in [1.165, 1.54) is 4.31 Å². The van der Waals surface area contributed by atoms with Crippen molar-refractivity contribution in [2.24, 2.45) is 0 Å². The highest BCUT2D eigenvalue weighted by Crippen LogP contribution is 2.36. The summed E-state index contributed by atoms with van der Waals surface area (Å²) in [5, 5.41) is 2.38. The van der Waals surface area contributed by atoms with Crippen molar-refractivity contribution in [1.29, 1.82) is 0 Å². The largest absolute Gasteiger partial charge is 0.417 e. The molecule has 1 aliphatic heterocycles. The van der Waals surface area contributed by atoms with Crippen LogP contribution in [0, 0.1) is 0 Å². The third-order valence-corrected chi connectivity index (χ3v) is 5.17. The summed E-state index contributed by atoms with van der Waals surface area (Å²) in [5.74, 6) is 0. The van der Waals surface area contributed by atoms with Gasteiger partial charge in [0.15, 0.2) is 0 Å². The van der Waals surface area contributed by atoms with Gasteiger partial charge in [0.2, 0.25) is 10.0 Å². The Hall–Kier alpha value is -0.830. The van der Waals surface area contributed by atoms with Gasteiger partial charge >= 0.3 is 6.18 Å². The number of sulfonamides is 1. The van der Waals surface area contributed by atoms with E-state index in [1.807, 2.05) is 0 Å². The van der Waals surface area contributed by atoms with E-state index >= 15 is 0 Å². The zero-order valence-electron chi connectivity index (χ0n) is 10.2. The Balaban J connectivity index is 2.36. The Labute approximate surface area is 119 Å². The minimum absolute atomic E-state index is 0.225. The minimum Gasteiger partial charge on any atom is -0.314 e. The van der Waals surface area contributed by atoms with Gasteiger partial charge in [0.05, 0.1) is 15.5 Å². The van der Waals surface area contributed by atoms with Crippen molar-refractivity contribution < 1.29 is 21.6 Å². The van der Waals surface area contributed by atoms with Gasteiger partial charge in [0, 0.05) is 26.2 Å². The van der Waals surface area contributed by atoms with Crippen molar-refractivity contribution in [3.8, 4) is 0 Å². The van der Waals surface area contributed by atoms with Crippen LogP contribution in [0.5, 0.6) is 0 Å². The van der Waals surface area contributed by atoms with E-state index in [0.717, 1.165) is 12.1 Å². The highest BCUT2D eigenvalue weighted by molar-refractivity contribution is 7.89. The van der Waals surface area contributed by atoms with Crippen molar-refractivity contribution >= 4 is 21.6 Å². The van der Waals surface area contributed by atoms with Crippen LogP contribution in [0.1, 0.15) is 5.56 Å². The van der Waals surface area contributed by atoms with Crippen molar-refractivity contribution in [3.05, 3.63) is 28.8 Å². The lowest BCUT2D eigenvalue weighted by Crippen LogP contribution is -2.46. The van der Waals surface area contributed by atoms with Gasteiger partial charge in [-0.2, -0.15) is 17.5 Å². The van der Waals surface area contributed by atoms with Crippen LogP contribution in [0.3, 0.4) is 0 Å². The monoisotopic (exact) mass is 328 g/mol. The first-order valence-corrected chi connectivity index (χ1v) is 7.62. The number of hydrogen-bond donors (Lipinski definition) is 1. The quantitative estimate of drug-likeness (QED) is 0.903. The predicted molar refractivity (Wildman–Crippen MR) is 68.1 cm³/mol. The number of alkyl halides is 3. The summed E-state index contributed by atoms with van der Waals surface area (Å²) in [6.07, 6.45) is -4.60. The summed E-state index contributed by atoms with van der Waals surface area (Å²) < 4.78 is 63.5. The van der Waals surface area contributed by atoms with Crippen LogP contribution in [-0.4, -0.2) is 38.9 Å². The molecule has 112 valence electrons. The Kier molecular flexibility index (Phi) is 4.29. The average Bonchev–Trinajstić information content (AvgIpc) is 2.38. The highest BCUT2D eigenvalue weighted by Gasteiger charge is 2.34. The van der Waals surface area contributed by atoms with Gasteiger partial charge < -0.3 is 5.32 Å². The first kappa shape index (κ1) is 15.6. The summed E-state index contributed by atoms with van der Waals surface area (Å²) >= 11 is 5.54. The molecule has 0 radical (unpaired) electrons. The van der Waals surface area contributed by atoms with Crippen LogP contribution in [0.25, 0.3) is 0 Å². The molecule has 1 fully saturated rings. The van der Waals surface area contributed by atoms with Crippen LogP contribution in [0.2, 0.25) is 5.02 Å². The van der Waals surface area contributed by atoms with Gasteiger partial charge in [0.25, 0.3) is 0 Å². The van der Waals surface area contributed by atoms with E-state index in [2.05, 4.69) is 5.32 Å². The Morgan fingerprint density at radius 3 is 2.30 bits per heavy atom. The van der Waals surface area contributed by atoms with Crippen LogP contribution in [0.4, 0.5) is 13.2 Å². The van der Waals surface area contributed by atoms with Crippen molar-refractivity contribution in [2.45, 2.75) is 11.1 Å². The first-order chi connectivity index (χ1) is 9.23. The number of benzene rings is 1. The fourth-order valence-corrected chi connectivity index (χ4v) is 3.74. The smallest absolute Gasteiger partial charge is 0.314 e. The molecule has 0 amide bonds. The maximum Gasteiger partial charge on any atom is 0.417 e. The van der Waals surface area contributed by atoms with Gasteiger partial charge in [-0.15, -0.1) is 0 Å². The molecule has 0 aliphatic carbocycles. The third-order valence-electron chi connectivity index (χ3n) is 2.96. The number of nitrogens with one attached hydrogen (secondary N) is 1. The second kappa shape index (κ2) is 5.51. The van der Waals surface area contributed by atoms with Crippen molar-refractivity contribution in [2.75, 3.05) is 26.2 Å². The van der Waals surface area contributed by atoms with E-state index < -0.39 is 26.8 Å². The number of rotatable bonds is 2. The Morgan fingerprint density at radius 1 is 1.20 bits per heavy atom. The zero-order valence-corrected chi connectivity index (χ0v) is 11.8. The summed E-state index contributed by atoms with van der Waals surface area (Å²) in [7, 11) is -3.81. The Morgan fingerprint density at radius 2 is 1.80 bits per heavy atom. The molecule has 0 aromatic heterocycles. The van der Waals surface area contributed by atoms with E-state index in [4.69, 9.17) is 11.6 Å². The van der Waals surface area contributed by atoms with Crippen molar-refractivity contribution in [3.63, 3.8) is 0 Å². The second-order valence-electron chi connectivity index (χ2n) is 4.29. The molecule has 1 N–H and O–H groups in total. The molecular weight excluding hydrogens is 317 g/mol. The lowest BCUT2D eigenvalue weighted by Gasteiger charge is -2.26. The number of halogens is 4. The molecule has 4 nitrogen and oxygen atoms in total. The number of hydrogen-bond acceptors (Lipinski definition) is 3. The van der Waals surface area contributed by atoms with Gasteiger partial charge in [0.1, 0.15) is 0 Å². The molecule has 0 spiro atoms. The van der Waals surface area contributed by atoms with E-state index in [9.17, 15) is 21.6 Å². The molecular formula is C11H12ClF3N2O2S. The zero-order chi connectivity index (χ0) is 15.0. The fraction of sp³-hybridized carbons (Fsp3) is 0.455. The summed E-state index contributed by atoms with van der Waals surface area (Å²) in [5.41, 5.74) is -1.04. The Bertz CT molecular complexity index is 598. The number of piperazine rings is 1. The summed E-state index contributed by atoms with van der Waals surface area (Å²) in [6.45, 7) is 1.57. The molecule has 1 aliphatic rings. The first-order valence-electron chi connectivity index (χ1n) is 5.80. The van der Waals surface area contributed by atoms with Crippen LogP contribution in [-0.2, 0) is 16.2 Å². The van der Waals surface area contributed by atoms with Gasteiger partial charge in [-0.05, 0) is 18.2 Å². The fourth-order valence-electron chi connectivity index (χ4n) is 1.92. The van der Waals surface area contributed by atoms with Gasteiger partial charge in [-0.1, -0.05) is 11.6 Å². The lowest BCUT2D eigenvalue weighted by molar-refractivity contribution is -0.137. The molecule has 2 rings (SSSR count). The molecule has 1 aromatic rings. The van der Waals surface area contributed by atoms with E-state index in [0.29, 0.717) is 19.2 Å². The molecule has 1 heterocycles. The van der Waals surface area contributed by atoms with Crippen LogP contribution < -0.4 is 5.32 Å². The topological polar surface area (TPSA) is 49.4 Å². The lowest BCUT2D eigenvalue weighted by atomic mass is 10.2. The van der Waals surface area contributed by atoms with Crippen LogP contribution in [0.15, 0.2) is 23.1 Å². The third kappa shape index (κ3) is 3.08. The summed E-state index contributed by atoms with van der Waals surface area (Å²) in [6, 6.07) is 2.48. The molecule has 20 heavy (non-hydrogen) atoms.